The summed E-state index contributed by atoms with van der Waals surface area (Å²) in [6.07, 6.45) is 4.67. The van der Waals surface area contributed by atoms with Crippen LogP contribution in [-0.4, -0.2) is 49.9 Å². The first-order valence-electron chi connectivity index (χ1n) is 8.72. The second kappa shape index (κ2) is 8.18. The van der Waals surface area contributed by atoms with E-state index in [0.29, 0.717) is 42.2 Å². The highest BCUT2D eigenvalue weighted by Crippen LogP contribution is 2.30. The van der Waals surface area contributed by atoms with E-state index in [1.54, 1.807) is 17.0 Å². The fourth-order valence-electron chi connectivity index (χ4n) is 2.94. The Morgan fingerprint density at radius 3 is 2.93 bits per heavy atom. The van der Waals surface area contributed by atoms with E-state index < -0.39 is 0 Å². The zero-order chi connectivity index (χ0) is 20.4. The van der Waals surface area contributed by atoms with E-state index in [1.807, 2.05) is 0 Å². The molecule has 1 aliphatic rings. The minimum atomic E-state index is -0.155. The predicted molar refractivity (Wildman–Crippen MR) is 107 cm³/mol. The van der Waals surface area contributed by atoms with Gasteiger partial charge in [0.2, 0.25) is 17.7 Å². The highest BCUT2D eigenvalue weighted by atomic mass is 35.5. The molecule has 29 heavy (non-hydrogen) atoms. The number of rotatable bonds is 5. The van der Waals surface area contributed by atoms with Gasteiger partial charge in [-0.15, -0.1) is 0 Å². The lowest BCUT2D eigenvalue weighted by atomic mass is 10.3. The first-order valence-corrected chi connectivity index (χ1v) is 9.47. The fraction of sp³-hybridized carbons (Fsp3) is 0.211. The quantitative estimate of drug-likeness (QED) is 0.449. The molecule has 0 saturated carbocycles. The molecule has 1 amide bonds. The monoisotopic (exact) mass is 431 g/mol. The van der Waals surface area contributed by atoms with Gasteiger partial charge in [-0.2, -0.15) is 4.98 Å². The van der Waals surface area contributed by atoms with Crippen molar-refractivity contribution in [2.75, 3.05) is 13.1 Å². The van der Waals surface area contributed by atoms with E-state index in [4.69, 9.17) is 32.7 Å². The minimum absolute atomic E-state index is 0.109. The Morgan fingerprint density at radius 2 is 2.14 bits per heavy atom. The van der Waals surface area contributed by atoms with Crippen molar-refractivity contribution in [2.24, 2.45) is 0 Å². The van der Waals surface area contributed by atoms with Gasteiger partial charge in [0.1, 0.15) is 23.3 Å². The Hall–Kier alpha value is -2.97. The maximum Gasteiger partial charge on any atom is 0.249 e. The Kier molecular flexibility index (Phi) is 5.46. The summed E-state index contributed by atoms with van der Waals surface area (Å²) in [6, 6.07) is 5.02. The van der Waals surface area contributed by atoms with E-state index in [9.17, 15) is 4.79 Å². The van der Waals surface area contributed by atoms with Crippen molar-refractivity contribution in [1.82, 2.24) is 24.8 Å². The molecule has 8 nitrogen and oxygen atoms in total. The van der Waals surface area contributed by atoms with E-state index in [-0.39, 0.29) is 28.1 Å². The second-order valence-electron chi connectivity index (χ2n) is 6.26. The minimum Gasteiger partial charge on any atom is -0.472 e. The zero-order valence-corrected chi connectivity index (χ0v) is 16.6. The van der Waals surface area contributed by atoms with E-state index in [1.165, 1.54) is 24.7 Å². The second-order valence-corrected chi connectivity index (χ2v) is 7.02. The maximum absolute atomic E-state index is 11.7. The molecule has 0 spiro atoms. The van der Waals surface area contributed by atoms with Gasteiger partial charge in [0.15, 0.2) is 5.52 Å². The number of nitrogens with zero attached hydrogens (tertiary/aromatic N) is 5. The Labute approximate surface area is 176 Å². The molecule has 0 aliphatic carbocycles. The highest BCUT2D eigenvalue weighted by molar-refractivity contribution is 6.41. The standard InChI is InChI=1S/C19H15Cl2N5O3/c1-2-16(27)26-6-5-11(9-26)28-15-4-3-14-17(25-15)19(24-10-23-14)29-12-7-13(20)18(21)22-8-12/h2-4,7-8,10-11H,1,5-6,9H2/t11-/m0/s1. The summed E-state index contributed by atoms with van der Waals surface area (Å²) in [5.74, 6) is 0.877. The Bertz CT molecular complexity index is 1090. The van der Waals surface area contributed by atoms with Crippen LogP contribution in [0.25, 0.3) is 11.0 Å². The molecule has 0 radical (unpaired) electrons. The zero-order valence-electron chi connectivity index (χ0n) is 15.1. The summed E-state index contributed by atoms with van der Waals surface area (Å²) in [7, 11) is 0. The first-order chi connectivity index (χ1) is 14.0. The van der Waals surface area contributed by atoms with Crippen molar-refractivity contribution in [1.29, 1.82) is 0 Å². The largest absolute Gasteiger partial charge is 0.472 e. The van der Waals surface area contributed by atoms with Gasteiger partial charge >= 0.3 is 0 Å². The van der Waals surface area contributed by atoms with Crippen LogP contribution in [0, 0.1) is 0 Å². The average molecular weight is 432 g/mol. The van der Waals surface area contributed by atoms with Gasteiger partial charge in [-0.3, -0.25) is 4.79 Å². The third kappa shape index (κ3) is 4.23. The molecule has 1 fully saturated rings. The summed E-state index contributed by atoms with van der Waals surface area (Å²) in [4.78, 5) is 30.2. The van der Waals surface area contributed by atoms with Gasteiger partial charge in [0, 0.05) is 25.1 Å². The Morgan fingerprint density at radius 1 is 1.28 bits per heavy atom. The molecular weight excluding hydrogens is 417 g/mol. The van der Waals surface area contributed by atoms with Crippen LogP contribution < -0.4 is 9.47 Å². The molecule has 1 aliphatic heterocycles. The number of amides is 1. The third-order valence-corrected chi connectivity index (χ3v) is 5.01. The number of hydrogen-bond acceptors (Lipinski definition) is 7. The van der Waals surface area contributed by atoms with Crippen LogP contribution >= 0.6 is 23.2 Å². The molecule has 3 aromatic rings. The number of carbonyl (C=O) groups is 1. The third-order valence-electron chi connectivity index (χ3n) is 4.33. The van der Waals surface area contributed by atoms with Crippen LogP contribution in [0.5, 0.6) is 17.5 Å². The highest BCUT2D eigenvalue weighted by Gasteiger charge is 2.26. The molecule has 10 heteroatoms. The summed E-state index contributed by atoms with van der Waals surface area (Å²) < 4.78 is 11.7. The van der Waals surface area contributed by atoms with Crippen molar-refractivity contribution < 1.29 is 14.3 Å². The predicted octanol–water partition coefficient (Wildman–Crippen LogP) is 3.68. The van der Waals surface area contributed by atoms with Crippen LogP contribution in [0.1, 0.15) is 6.42 Å². The lowest BCUT2D eigenvalue weighted by Crippen LogP contribution is -2.29. The summed E-state index contributed by atoms with van der Waals surface area (Å²) in [5, 5.41) is 0.445. The number of aromatic nitrogens is 4. The van der Waals surface area contributed by atoms with Crippen molar-refractivity contribution >= 4 is 40.1 Å². The van der Waals surface area contributed by atoms with Crippen molar-refractivity contribution in [3.8, 4) is 17.5 Å². The molecule has 4 heterocycles. The molecule has 0 N–H and O–H groups in total. The lowest BCUT2D eigenvalue weighted by molar-refractivity contribution is -0.125. The van der Waals surface area contributed by atoms with Crippen LogP contribution in [0.4, 0.5) is 0 Å². The SMILES string of the molecule is C=CC(=O)N1CC[C@H](Oc2ccc3ncnc(Oc4cnc(Cl)c(Cl)c4)c3n2)C1. The number of fused-ring (bicyclic) bond motifs is 1. The number of ether oxygens (including phenoxy) is 2. The molecule has 0 unspecified atom stereocenters. The van der Waals surface area contributed by atoms with Crippen LogP contribution in [-0.2, 0) is 4.79 Å². The summed E-state index contributed by atoms with van der Waals surface area (Å²) in [6.45, 7) is 4.61. The van der Waals surface area contributed by atoms with Crippen molar-refractivity contribution in [2.45, 2.75) is 12.5 Å². The number of likely N-dealkylation sites (tertiary alicyclic amines) is 1. The van der Waals surface area contributed by atoms with Crippen molar-refractivity contribution in [3.63, 3.8) is 0 Å². The topological polar surface area (TPSA) is 90.3 Å². The fourth-order valence-corrected chi connectivity index (χ4v) is 3.20. The van der Waals surface area contributed by atoms with Gasteiger partial charge in [0.25, 0.3) is 0 Å². The van der Waals surface area contributed by atoms with Crippen molar-refractivity contribution in [3.05, 3.63) is 53.6 Å². The number of pyridine rings is 2. The first kappa shape index (κ1) is 19.4. The molecule has 3 aromatic heterocycles. The van der Waals surface area contributed by atoms with Crippen LogP contribution in [0.2, 0.25) is 10.2 Å². The molecule has 1 saturated heterocycles. The smallest absolute Gasteiger partial charge is 0.249 e. The lowest BCUT2D eigenvalue weighted by Gasteiger charge is -2.15. The number of carbonyl (C=O) groups excluding carboxylic acids is 1. The molecular formula is C19H15Cl2N5O3. The maximum atomic E-state index is 11.7. The summed E-state index contributed by atoms with van der Waals surface area (Å²) >= 11 is 11.8. The van der Waals surface area contributed by atoms with Gasteiger partial charge in [-0.05, 0) is 12.1 Å². The van der Waals surface area contributed by atoms with E-state index in [2.05, 4.69) is 26.5 Å². The normalized spacial score (nSPS) is 16.1. The number of halogens is 2. The molecule has 0 bridgehead atoms. The number of hydrogen-bond donors (Lipinski definition) is 0. The van der Waals surface area contributed by atoms with Gasteiger partial charge in [-0.25, -0.2) is 15.0 Å². The summed E-state index contributed by atoms with van der Waals surface area (Å²) in [5.41, 5.74) is 1.01. The van der Waals surface area contributed by atoms with Gasteiger partial charge in [0.05, 0.1) is 23.3 Å². The molecule has 1 atom stereocenters. The van der Waals surface area contributed by atoms with Gasteiger partial charge in [-0.1, -0.05) is 29.8 Å². The Balaban J connectivity index is 1.57. The molecule has 0 aromatic carbocycles. The molecule has 148 valence electrons. The van der Waals surface area contributed by atoms with E-state index in [0.717, 1.165) is 0 Å². The van der Waals surface area contributed by atoms with Crippen LogP contribution in [0.15, 0.2) is 43.4 Å². The van der Waals surface area contributed by atoms with Gasteiger partial charge < -0.3 is 14.4 Å². The van der Waals surface area contributed by atoms with Crippen LogP contribution in [0.3, 0.4) is 0 Å². The average Bonchev–Trinajstić information content (AvgIpc) is 3.19. The van der Waals surface area contributed by atoms with E-state index >= 15 is 0 Å². The molecule has 4 rings (SSSR count).